The molecule has 0 radical (unpaired) electrons. The SMILES string of the molecule is Cc1cc(F)cc(-n2cncc2C(C)N)c1. The number of nitrogens with two attached hydrogens (primary N) is 1. The first kappa shape index (κ1) is 10.8. The van der Waals surface area contributed by atoms with E-state index in [0.29, 0.717) is 0 Å². The Labute approximate surface area is 93.7 Å². The van der Waals surface area contributed by atoms with Crippen molar-refractivity contribution in [1.29, 1.82) is 0 Å². The van der Waals surface area contributed by atoms with Crippen LogP contribution in [0.15, 0.2) is 30.7 Å². The minimum atomic E-state index is -0.251. The Kier molecular flexibility index (Phi) is 2.75. The lowest BCUT2D eigenvalue weighted by Gasteiger charge is -2.11. The highest BCUT2D eigenvalue weighted by atomic mass is 19.1. The maximum Gasteiger partial charge on any atom is 0.125 e. The molecule has 1 heterocycles. The molecule has 2 N–H and O–H groups in total. The molecule has 4 heteroatoms. The van der Waals surface area contributed by atoms with E-state index in [-0.39, 0.29) is 11.9 Å². The zero-order valence-corrected chi connectivity index (χ0v) is 9.31. The Morgan fingerprint density at radius 2 is 2.12 bits per heavy atom. The van der Waals surface area contributed by atoms with Crippen molar-refractivity contribution in [3.05, 3.63) is 47.8 Å². The molecule has 84 valence electrons. The van der Waals surface area contributed by atoms with Crippen LogP contribution in [-0.4, -0.2) is 9.55 Å². The summed E-state index contributed by atoms with van der Waals surface area (Å²) in [6.45, 7) is 3.73. The van der Waals surface area contributed by atoms with E-state index in [2.05, 4.69) is 4.98 Å². The van der Waals surface area contributed by atoms with Crippen molar-refractivity contribution >= 4 is 0 Å². The Morgan fingerprint density at radius 1 is 1.38 bits per heavy atom. The van der Waals surface area contributed by atoms with E-state index in [1.165, 1.54) is 12.1 Å². The van der Waals surface area contributed by atoms with Gasteiger partial charge < -0.3 is 10.3 Å². The fraction of sp³-hybridized carbons (Fsp3) is 0.250. The summed E-state index contributed by atoms with van der Waals surface area (Å²) in [6.07, 6.45) is 3.35. The van der Waals surface area contributed by atoms with E-state index in [1.54, 1.807) is 17.1 Å². The standard InChI is InChI=1S/C12H14FN3/c1-8-3-10(13)5-11(4-8)16-7-15-6-12(16)9(2)14/h3-7,9H,14H2,1-2H3. The molecule has 0 aliphatic heterocycles. The van der Waals surface area contributed by atoms with Gasteiger partial charge in [-0.05, 0) is 37.6 Å². The van der Waals surface area contributed by atoms with Crippen LogP contribution in [0.25, 0.3) is 5.69 Å². The molecule has 0 fully saturated rings. The molecule has 0 saturated heterocycles. The highest BCUT2D eigenvalue weighted by Gasteiger charge is 2.09. The van der Waals surface area contributed by atoms with Gasteiger partial charge in [-0.15, -0.1) is 0 Å². The minimum absolute atomic E-state index is 0.133. The molecular formula is C12H14FN3. The van der Waals surface area contributed by atoms with Crippen LogP contribution in [0.1, 0.15) is 24.2 Å². The van der Waals surface area contributed by atoms with Crippen molar-refractivity contribution in [3.8, 4) is 5.69 Å². The van der Waals surface area contributed by atoms with Gasteiger partial charge in [0.05, 0.1) is 18.2 Å². The molecule has 2 rings (SSSR count). The van der Waals surface area contributed by atoms with Crippen molar-refractivity contribution in [2.75, 3.05) is 0 Å². The molecule has 0 aliphatic rings. The van der Waals surface area contributed by atoms with Crippen molar-refractivity contribution in [2.24, 2.45) is 5.73 Å². The Balaban J connectivity index is 2.54. The highest BCUT2D eigenvalue weighted by molar-refractivity contribution is 5.38. The Hall–Kier alpha value is -1.68. The van der Waals surface area contributed by atoms with E-state index < -0.39 is 0 Å². The fourth-order valence-corrected chi connectivity index (χ4v) is 1.71. The van der Waals surface area contributed by atoms with Crippen LogP contribution in [-0.2, 0) is 0 Å². The van der Waals surface area contributed by atoms with Gasteiger partial charge in [0.25, 0.3) is 0 Å². The van der Waals surface area contributed by atoms with Crippen LogP contribution in [0.4, 0.5) is 4.39 Å². The van der Waals surface area contributed by atoms with Gasteiger partial charge in [0.15, 0.2) is 0 Å². The maximum atomic E-state index is 13.3. The molecule has 1 atom stereocenters. The van der Waals surface area contributed by atoms with Crippen LogP contribution in [0.2, 0.25) is 0 Å². The largest absolute Gasteiger partial charge is 0.323 e. The van der Waals surface area contributed by atoms with E-state index in [1.807, 2.05) is 19.9 Å². The third-order valence-corrected chi connectivity index (χ3v) is 2.44. The molecular weight excluding hydrogens is 205 g/mol. The quantitative estimate of drug-likeness (QED) is 0.842. The highest BCUT2D eigenvalue weighted by Crippen LogP contribution is 2.18. The van der Waals surface area contributed by atoms with Crippen molar-refractivity contribution in [3.63, 3.8) is 0 Å². The van der Waals surface area contributed by atoms with Crippen LogP contribution in [0, 0.1) is 12.7 Å². The number of halogens is 1. The Bertz CT molecular complexity index is 482. The molecule has 0 aliphatic carbocycles. The monoisotopic (exact) mass is 219 g/mol. The van der Waals surface area contributed by atoms with Gasteiger partial charge in [-0.2, -0.15) is 0 Å². The lowest BCUT2D eigenvalue weighted by molar-refractivity contribution is 0.624. The summed E-state index contributed by atoms with van der Waals surface area (Å²) in [5, 5.41) is 0. The predicted molar refractivity (Wildman–Crippen MR) is 60.9 cm³/mol. The van der Waals surface area contributed by atoms with E-state index in [4.69, 9.17) is 5.73 Å². The molecule has 0 saturated carbocycles. The number of imidazole rings is 1. The number of hydrogen-bond acceptors (Lipinski definition) is 2. The normalized spacial score (nSPS) is 12.8. The number of rotatable bonds is 2. The predicted octanol–water partition coefficient (Wildman–Crippen LogP) is 2.34. The van der Waals surface area contributed by atoms with E-state index in [9.17, 15) is 4.39 Å². The van der Waals surface area contributed by atoms with E-state index in [0.717, 1.165) is 16.9 Å². The lowest BCUT2D eigenvalue weighted by Crippen LogP contribution is -2.10. The summed E-state index contributed by atoms with van der Waals surface area (Å²) in [4.78, 5) is 4.04. The first-order chi connectivity index (χ1) is 7.58. The lowest BCUT2D eigenvalue weighted by atomic mass is 10.2. The summed E-state index contributed by atoms with van der Waals surface area (Å²) in [5.41, 5.74) is 8.31. The van der Waals surface area contributed by atoms with Gasteiger partial charge in [-0.25, -0.2) is 9.37 Å². The molecule has 0 bridgehead atoms. The maximum absolute atomic E-state index is 13.3. The molecule has 0 amide bonds. The number of nitrogens with zero attached hydrogens (tertiary/aromatic N) is 2. The summed E-state index contributed by atoms with van der Waals surface area (Å²) >= 11 is 0. The number of aryl methyl sites for hydroxylation is 1. The van der Waals surface area contributed by atoms with Crippen LogP contribution < -0.4 is 5.73 Å². The van der Waals surface area contributed by atoms with Gasteiger partial charge in [0.2, 0.25) is 0 Å². The second kappa shape index (κ2) is 4.06. The zero-order chi connectivity index (χ0) is 11.7. The van der Waals surface area contributed by atoms with Gasteiger partial charge in [-0.1, -0.05) is 0 Å². The summed E-state index contributed by atoms with van der Waals surface area (Å²) in [6, 6.07) is 4.73. The van der Waals surface area contributed by atoms with Gasteiger partial charge in [0, 0.05) is 11.7 Å². The molecule has 16 heavy (non-hydrogen) atoms. The average Bonchev–Trinajstić information content (AvgIpc) is 2.63. The average molecular weight is 219 g/mol. The first-order valence-electron chi connectivity index (χ1n) is 5.13. The van der Waals surface area contributed by atoms with Gasteiger partial charge in [-0.3, -0.25) is 0 Å². The first-order valence-corrected chi connectivity index (χ1v) is 5.13. The molecule has 0 spiro atoms. The van der Waals surface area contributed by atoms with Crippen LogP contribution in [0.3, 0.4) is 0 Å². The van der Waals surface area contributed by atoms with Crippen molar-refractivity contribution < 1.29 is 4.39 Å². The zero-order valence-electron chi connectivity index (χ0n) is 9.31. The number of hydrogen-bond donors (Lipinski definition) is 1. The van der Waals surface area contributed by atoms with Gasteiger partial charge >= 0.3 is 0 Å². The van der Waals surface area contributed by atoms with Gasteiger partial charge in [0.1, 0.15) is 5.82 Å². The molecule has 1 unspecified atom stereocenters. The third-order valence-electron chi connectivity index (χ3n) is 2.44. The third kappa shape index (κ3) is 1.97. The van der Waals surface area contributed by atoms with Crippen LogP contribution >= 0.6 is 0 Å². The molecule has 1 aromatic heterocycles. The molecule has 1 aromatic carbocycles. The molecule has 3 nitrogen and oxygen atoms in total. The summed E-state index contributed by atoms with van der Waals surface area (Å²) in [7, 11) is 0. The van der Waals surface area contributed by atoms with E-state index >= 15 is 0 Å². The summed E-state index contributed by atoms with van der Waals surface area (Å²) < 4.78 is 15.1. The fourth-order valence-electron chi connectivity index (χ4n) is 1.71. The smallest absolute Gasteiger partial charge is 0.125 e. The number of benzene rings is 1. The minimum Gasteiger partial charge on any atom is -0.323 e. The molecule has 2 aromatic rings. The van der Waals surface area contributed by atoms with Crippen molar-refractivity contribution in [1.82, 2.24) is 9.55 Å². The number of aromatic nitrogens is 2. The second-order valence-electron chi connectivity index (χ2n) is 3.96. The summed E-state index contributed by atoms with van der Waals surface area (Å²) in [5.74, 6) is -0.251. The van der Waals surface area contributed by atoms with Crippen LogP contribution in [0.5, 0.6) is 0 Å². The second-order valence-corrected chi connectivity index (χ2v) is 3.96. The topological polar surface area (TPSA) is 43.8 Å². The Morgan fingerprint density at radius 3 is 2.75 bits per heavy atom. The van der Waals surface area contributed by atoms with Crippen molar-refractivity contribution in [2.45, 2.75) is 19.9 Å².